The monoisotopic (exact) mass is 337 g/mol. The minimum absolute atomic E-state index is 0.255. The summed E-state index contributed by atoms with van der Waals surface area (Å²) in [6, 6.07) is 16.3. The molecule has 25 heavy (non-hydrogen) atoms. The number of ether oxygens (including phenoxy) is 1. The highest BCUT2D eigenvalue weighted by atomic mass is 19.1. The summed E-state index contributed by atoms with van der Waals surface area (Å²) in [5, 5.41) is 5.83. The Morgan fingerprint density at radius 2 is 1.64 bits per heavy atom. The number of halogens is 1. The van der Waals surface area contributed by atoms with E-state index in [4.69, 9.17) is 4.74 Å². The normalized spacial score (nSPS) is 10.2. The first-order chi connectivity index (χ1) is 12.1. The van der Waals surface area contributed by atoms with E-state index >= 15 is 0 Å². The minimum atomic E-state index is -0.291. The van der Waals surface area contributed by atoms with Crippen molar-refractivity contribution in [3.8, 4) is 5.75 Å². The quantitative estimate of drug-likeness (QED) is 0.731. The van der Waals surface area contributed by atoms with Crippen molar-refractivity contribution in [1.29, 1.82) is 0 Å². The van der Waals surface area contributed by atoms with Crippen LogP contribution in [0.1, 0.15) is 10.4 Å². The Bertz CT molecular complexity index is 847. The first kappa shape index (κ1) is 16.4. The van der Waals surface area contributed by atoms with Crippen LogP contribution in [0.4, 0.5) is 21.6 Å². The molecular weight excluding hydrogens is 321 g/mol. The second-order valence-corrected chi connectivity index (χ2v) is 5.25. The summed E-state index contributed by atoms with van der Waals surface area (Å²) in [7, 11) is 1.57. The van der Waals surface area contributed by atoms with Crippen LogP contribution in [0.3, 0.4) is 0 Å². The van der Waals surface area contributed by atoms with Crippen LogP contribution >= 0.6 is 0 Å². The average molecular weight is 337 g/mol. The number of aromatic nitrogens is 1. The Morgan fingerprint density at radius 3 is 2.24 bits per heavy atom. The highest BCUT2D eigenvalue weighted by molar-refractivity contribution is 6.03. The summed E-state index contributed by atoms with van der Waals surface area (Å²) in [4.78, 5) is 16.4. The highest BCUT2D eigenvalue weighted by Crippen LogP contribution is 2.18. The molecule has 0 aliphatic rings. The van der Waals surface area contributed by atoms with Gasteiger partial charge in [0.2, 0.25) is 0 Å². The van der Waals surface area contributed by atoms with Gasteiger partial charge in [-0.05, 0) is 60.7 Å². The summed E-state index contributed by atoms with van der Waals surface area (Å²) in [5.74, 6) is 0.575. The number of methoxy groups -OCH3 is 1. The number of carbonyl (C=O) groups is 1. The number of nitrogens with one attached hydrogen (secondary N) is 2. The lowest BCUT2D eigenvalue weighted by Crippen LogP contribution is -2.12. The van der Waals surface area contributed by atoms with Gasteiger partial charge >= 0.3 is 0 Å². The maximum Gasteiger partial charge on any atom is 0.256 e. The largest absolute Gasteiger partial charge is 0.497 e. The molecule has 0 radical (unpaired) electrons. The summed E-state index contributed by atoms with van der Waals surface area (Å²) in [6.07, 6.45) is 1.59. The summed E-state index contributed by atoms with van der Waals surface area (Å²) in [6.45, 7) is 0. The molecule has 2 N–H and O–H groups in total. The first-order valence-corrected chi connectivity index (χ1v) is 7.58. The van der Waals surface area contributed by atoms with E-state index in [9.17, 15) is 9.18 Å². The molecule has 0 saturated carbocycles. The van der Waals surface area contributed by atoms with Gasteiger partial charge in [-0.1, -0.05) is 0 Å². The van der Waals surface area contributed by atoms with E-state index < -0.39 is 0 Å². The van der Waals surface area contributed by atoms with E-state index in [1.54, 1.807) is 61.8 Å². The van der Waals surface area contributed by atoms with Crippen LogP contribution < -0.4 is 15.4 Å². The van der Waals surface area contributed by atoms with Gasteiger partial charge in [0.15, 0.2) is 0 Å². The van der Waals surface area contributed by atoms with Crippen LogP contribution in [0.5, 0.6) is 5.75 Å². The Kier molecular flexibility index (Phi) is 4.89. The fourth-order valence-electron chi connectivity index (χ4n) is 2.17. The van der Waals surface area contributed by atoms with Crippen molar-refractivity contribution >= 4 is 23.1 Å². The average Bonchev–Trinajstić information content (AvgIpc) is 2.65. The lowest BCUT2D eigenvalue weighted by atomic mass is 10.2. The lowest BCUT2D eigenvalue weighted by Gasteiger charge is -2.08. The second kappa shape index (κ2) is 7.44. The smallest absolute Gasteiger partial charge is 0.256 e. The molecule has 1 amide bonds. The van der Waals surface area contributed by atoms with Gasteiger partial charge in [0.1, 0.15) is 17.4 Å². The molecule has 0 aliphatic carbocycles. The fourth-order valence-corrected chi connectivity index (χ4v) is 2.17. The molecule has 1 heterocycles. The molecule has 0 saturated heterocycles. The number of hydrogen-bond acceptors (Lipinski definition) is 4. The number of nitrogens with zero attached hydrogens (tertiary/aromatic N) is 1. The number of pyridine rings is 1. The van der Waals surface area contributed by atoms with E-state index in [1.807, 2.05) is 0 Å². The van der Waals surface area contributed by atoms with Crippen LogP contribution in [0.15, 0.2) is 66.9 Å². The van der Waals surface area contributed by atoms with Crippen molar-refractivity contribution in [3.63, 3.8) is 0 Å². The molecule has 3 rings (SSSR count). The first-order valence-electron chi connectivity index (χ1n) is 7.58. The van der Waals surface area contributed by atoms with Crippen LogP contribution in [0.25, 0.3) is 0 Å². The molecular formula is C19H16FN3O2. The van der Waals surface area contributed by atoms with Crippen molar-refractivity contribution in [3.05, 3.63) is 78.2 Å². The molecule has 126 valence electrons. The van der Waals surface area contributed by atoms with Gasteiger partial charge in [0.05, 0.1) is 19.0 Å². The molecule has 6 heteroatoms. The topological polar surface area (TPSA) is 63.2 Å². The predicted octanol–water partition coefficient (Wildman–Crippen LogP) is 4.23. The van der Waals surface area contributed by atoms with E-state index in [1.165, 1.54) is 12.1 Å². The van der Waals surface area contributed by atoms with Crippen molar-refractivity contribution < 1.29 is 13.9 Å². The molecule has 2 aromatic carbocycles. The highest BCUT2D eigenvalue weighted by Gasteiger charge is 2.07. The maximum atomic E-state index is 12.9. The molecule has 0 spiro atoms. The third-order valence-electron chi connectivity index (χ3n) is 3.49. The molecule has 0 fully saturated rings. The number of carbonyl (C=O) groups excluding carboxylic acids is 1. The van der Waals surface area contributed by atoms with Crippen molar-refractivity contribution in [2.45, 2.75) is 0 Å². The number of hydrogen-bond donors (Lipinski definition) is 2. The Balaban J connectivity index is 1.63. The van der Waals surface area contributed by atoms with Gasteiger partial charge in [-0.2, -0.15) is 0 Å². The van der Waals surface area contributed by atoms with Gasteiger partial charge in [-0.15, -0.1) is 0 Å². The Morgan fingerprint density at radius 1 is 0.960 bits per heavy atom. The van der Waals surface area contributed by atoms with Crippen molar-refractivity contribution in [2.24, 2.45) is 0 Å². The number of rotatable bonds is 5. The zero-order valence-corrected chi connectivity index (χ0v) is 13.5. The predicted molar refractivity (Wildman–Crippen MR) is 94.9 cm³/mol. The van der Waals surface area contributed by atoms with Crippen molar-refractivity contribution in [1.82, 2.24) is 4.98 Å². The van der Waals surface area contributed by atoms with Gasteiger partial charge in [-0.25, -0.2) is 9.37 Å². The van der Waals surface area contributed by atoms with E-state index in [0.717, 1.165) is 11.4 Å². The van der Waals surface area contributed by atoms with Gasteiger partial charge in [0.25, 0.3) is 5.91 Å². The van der Waals surface area contributed by atoms with Gasteiger partial charge in [-0.3, -0.25) is 4.79 Å². The third-order valence-corrected chi connectivity index (χ3v) is 3.49. The summed E-state index contributed by atoms with van der Waals surface area (Å²) in [5.41, 5.74) is 1.99. The van der Waals surface area contributed by atoms with E-state index in [0.29, 0.717) is 17.1 Å². The summed E-state index contributed by atoms with van der Waals surface area (Å²) < 4.78 is 18.0. The summed E-state index contributed by atoms with van der Waals surface area (Å²) >= 11 is 0. The SMILES string of the molecule is COc1ccc(C(=O)Nc2ccc(Nc3ccc(F)cc3)cn2)cc1. The maximum absolute atomic E-state index is 12.9. The Hall–Kier alpha value is -3.41. The minimum Gasteiger partial charge on any atom is -0.497 e. The van der Waals surface area contributed by atoms with Crippen LogP contribution in [0, 0.1) is 5.82 Å². The van der Waals surface area contributed by atoms with Gasteiger partial charge < -0.3 is 15.4 Å². The standard InChI is InChI=1S/C19H16FN3O2/c1-25-17-9-2-13(3-10-17)19(24)23-18-11-8-16(12-21-18)22-15-6-4-14(20)5-7-15/h2-12,22H,1H3,(H,21,23,24). The third kappa shape index (κ3) is 4.32. The molecule has 0 atom stereocenters. The van der Waals surface area contributed by atoms with Gasteiger partial charge in [0, 0.05) is 11.3 Å². The zero-order valence-electron chi connectivity index (χ0n) is 13.5. The lowest BCUT2D eigenvalue weighted by molar-refractivity contribution is 0.102. The van der Waals surface area contributed by atoms with E-state index in [-0.39, 0.29) is 11.7 Å². The van der Waals surface area contributed by atoms with E-state index in [2.05, 4.69) is 15.6 Å². The second-order valence-electron chi connectivity index (χ2n) is 5.25. The fraction of sp³-hybridized carbons (Fsp3) is 0.0526. The molecule has 5 nitrogen and oxygen atoms in total. The van der Waals surface area contributed by atoms with Crippen LogP contribution in [-0.2, 0) is 0 Å². The number of benzene rings is 2. The molecule has 0 bridgehead atoms. The zero-order chi connectivity index (χ0) is 17.6. The molecule has 0 unspecified atom stereocenters. The van der Waals surface area contributed by atoms with Crippen molar-refractivity contribution in [2.75, 3.05) is 17.7 Å². The molecule has 0 aliphatic heterocycles. The number of anilines is 3. The Labute approximate surface area is 144 Å². The molecule has 1 aromatic heterocycles. The van der Waals surface area contributed by atoms with Crippen LogP contribution in [-0.4, -0.2) is 18.0 Å². The molecule has 3 aromatic rings. The number of amides is 1. The van der Waals surface area contributed by atoms with Crippen LogP contribution in [0.2, 0.25) is 0 Å².